The zero-order valence-corrected chi connectivity index (χ0v) is 15.7. The van der Waals surface area contributed by atoms with Crippen molar-refractivity contribution < 1.29 is 13.2 Å². The molecule has 0 atom stereocenters. The van der Waals surface area contributed by atoms with Crippen LogP contribution in [0.4, 0.5) is 5.69 Å². The lowest BCUT2D eigenvalue weighted by Crippen LogP contribution is -2.17. The van der Waals surface area contributed by atoms with Gasteiger partial charge in [0.1, 0.15) is 0 Å². The van der Waals surface area contributed by atoms with Gasteiger partial charge in [-0.2, -0.15) is 0 Å². The average molecular weight is 347 g/mol. The van der Waals surface area contributed by atoms with Crippen molar-refractivity contribution in [2.45, 2.75) is 44.6 Å². The normalized spacial score (nSPS) is 12.2. The van der Waals surface area contributed by atoms with E-state index in [2.05, 4.69) is 25.5 Å². The molecule has 0 saturated carbocycles. The molecule has 0 amide bonds. The molecule has 4 nitrogen and oxygen atoms in total. The minimum absolute atomic E-state index is 0.0738. The number of rotatable bonds is 5. The number of hydrogen-bond acceptors (Lipinski definition) is 3. The third-order valence-electron chi connectivity index (χ3n) is 3.85. The van der Waals surface area contributed by atoms with Crippen LogP contribution in [-0.4, -0.2) is 15.5 Å². The molecule has 24 heavy (non-hydrogen) atoms. The Kier molecular flexibility index (Phi) is 5.35. The summed E-state index contributed by atoms with van der Waals surface area (Å²) in [5, 5.41) is 0. The van der Waals surface area contributed by atoms with E-state index in [1.807, 2.05) is 25.1 Å². The second-order valence-electron chi connectivity index (χ2n) is 6.97. The Labute approximate surface area is 144 Å². The third-order valence-corrected chi connectivity index (χ3v) is 5.23. The highest BCUT2D eigenvalue weighted by Gasteiger charge is 2.19. The van der Waals surface area contributed by atoms with Gasteiger partial charge in [0.15, 0.2) is 0 Å². The Morgan fingerprint density at radius 1 is 1.04 bits per heavy atom. The van der Waals surface area contributed by atoms with E-state index in [1.54, 1.807) is 31.4 Å². The van der Waals surface area contributed by atoms with Crippen LogP contribution in [0.1, 0.15) is 37.5 Å². The summed E-state index contributed by atoms with van der Waals surface area (Å²) in [4.78, 5) is 0.248. The largest absolute Gasteiger partial charge is 0.380 e. The molecule has 2 aromatic carbocycles. The molecule has 130 valence electrons. The average Bonchev–Trinajstić information content (AvgIpc) is 2.48. The van der Waals surface area contributed by atoms with Crippen LogP contribution >= 0.6 is 0 Å². The van der Waals surface area contributed by atoms with E-state index in [-0.39, 0.29) is 10.3 Å². The van der Waals surface area contributed by atoms with Crippen molar-refractivity contribution in [2.24, 2.45) is 0 Å². The van der Waals surface area contributed by atoms with Gasteiger partial charge in [-0.3, -0.25) is 4.72 Å². The number of anilines is 1. The van der Waals surface area contributed by atoms with Crippen molar-refractivity contribution in [3.05, 3.63) is 59.2 Å². The van der Waals surface area contributed by atoms with Gasteiger partial charge in [0.05, 0.1) is 17.2 Å². The zero-order valence-electron chi connectivity index (χ0n) is 14.9. The van der Waals surface area contributed by atoms with Gasteiger partial charge in [0.2, 0.25) is 0 Å². The van der Waals surface area contributed by atoms with Crippen LogP contribution in [0.3, 0.4) is 0 Å². The number of nitrogens with one attached hydrogen (secondary N) is 1. The Morgan fingerprint density at radius 3 is 2.21 bits per heavy atom. The second kappa shape index (κ2) is 6.95. The standard InChI is InChI=1S/C19H25NO3S/c1-14-6-10-17(11-7-14)24(21,22)20-18-12-16(19(2,3)4)9-8-15(18)13-23-5/h6-12,20H,13H2,1-5H3. The molecule has 0 aliphatic carbocycles. The maximum Gasteiger partial charge on any atom is 0.261 e. The summed E-state index contributed by atoms with van der Waals surface area (Å²) in [6.07, 6.45) is 0. The summed E-state index contributed by atoms with van der Waals surface area (Å²) in [6, 6.07) is 12.6. The molecule has 0 aliphatic rings. The van der Waals surface area contributed by atoms with Crippen molar-refractivity contribution in [1.29, 1.82) is 0 Å². The zero-order chi connectivity index (χ0) is 18.0. The Hall–Kier alpha value is -1.85. The molecule has 0 saturated heterocycles. The van der Waals surface area contributed by atoms with Crippen LogP contribution in [0.5, 0.6) is 0 Å². The molecule has 0 aliphatic heterocycles. The van der Waals surface area contributed by atoms with Gasteiger partial charge in [-0.25, -0.2) is 8.42 Å². The molecule has 0 unspecified atom stereocenters. The van der Waals surface area contributed by atoms with Crippen molar-refractivity contribution >= 4 is 15.7 Å². The van der Waals surface area contributed by atoms with Crippen molar-refractivity contribution in [2.75, 3.05) is 11.8 Å². The van der Waals surface area contributed by atoms with E-state index < -0.39 is 10.0 Å². The highest BCUT2D eigenvalue weighted by Crippen LogP contribution is 2.29. The van der Waals surface area contributed by atoms with Gasteiger partial charge >= 0.3 is 0 Å². The molecule has 1 N–H and O–H groups in total. The van der Waals surface area contributed by atoms with Crippen LogP contribution < -0.4 is 4.72 Å². The molecular formula is C19H25NO3S. The first-order chi connectivity index (χ1) is 11.1. The number of benzene rings is 2. The molecule has 0 spiro atoms. The first-order valence-electron chi connectivity index (χ1n) is 7.85. The quantitative estimate of drug-likeness (QED) is 0.880. The van der Waals surface area contributed by atoms with Gasteiger partial charge in [-0.1, -0.05) is 50.6 Å². The van der Waals surface area contributed by atoms with Crippen molar-refractivity contribution in [3.63, 3.8) is 0 Å². The van der Waals surface area contributed by atoms with Gasteiger partial charge in [-0.05, 0) is 36.1 Å². The minimum Gasteiger partial charge on any atom is -0.380 e. The molecule has 0 fully saturated rings. The summed E-state index contributed by atoms with van der Waals surface area (Å²) in [5.41, 5.74) is 3.37. The van der Waals surface area contributed by atoms with Crippen LogP contribution in [0.15, 0.2) is 47.4 Å². The van der Waals surface area contributed by atoms with E-state index in [9.17, 15) is 8.42 Å². The summed E-state index contributed by atoms with van der Waals surface area (Å²) >= 11 is 0. The summed E-state index contributed by atoms with van der Waals surface area (Å²) < 4.78 is 33.3. The first-order valence-corrected chi connectivity index (χ1v) is 9.33. The third kappa shape index (κ3) is 4.36. The summed E-state index contributed by atoms with van der Waals surface area (Å²) in [6.45, 7) is 8.55. The fraction of sp³-hybridized carbons (Fsp3) is 0.368. The van der Waals surface area contributed by atoms with E-state index in [0.29, 0.717) is 12.3 Å². The molecule has 2 aromatic rings. The van der Waals surface area contributed by atoms with Gasteiger partial charge < -0.3 is 4.74 Å². The monoisotopic (exact) mass is 347 g/mol. The number of aryl methyl sites for hydroxylation is 1. The van der Waals surface area contributed by atoms with E-state index >= 15 is 0 Å². The lowest BCUT2D eigenvalue weighted by molar-refractivity contribution is 0.185. The van der Waals surface area contributed by atoms with Gasteiger partial charge in [-0.15, -0.1) is 0 Å². The lowest BCUT2D eigenvalue weighted by atomic mass is 9.86. The van der Waals surface area contributed by atoms with Crippen LogP contribution in [0, 0.1) is 6.92 Å². The Bertz CT molecular complexity index is 803. The second-order valence-corrected chi connectivity index (χ2v) is 8.66. The van der Waals surface area contributed by atoms with Crippen molar-refractivity contribution in [3.8, 4) is 0 Å². The molecule has 2 rings (SSSR count). The lowest BCUT2D eigenvalue weighted by Gasteiger charge is -2.22. The highest BCUT2D eigenvalue weighted by atomic mass is 32.2. The molecule has 0 aromatic heterocycles. The minimum atomic E-state index is -3.64. The van der Waals surface area contributed by atoms with Crippen molar-refractivity contribution in [1.82, 2.24) is 0 Å². The van der Waals surface area contributed by atoms with Crippen LogP contribution in [0.2, 0.25) is 0 Å². The highest BCUT2D eigenvalue weighted by molar-refractivity contribution is 7.92. The summed E-state index contributed by atoms with van der Waals surface area (Å²) in [5.74, 6) is 0. The topological polar surface area (TPSA) is 55.4 Å². The maximum absolute atomic E-state index is 12.7. The van der Waals surface area contributed by atoms with Gasteiger partial charge in [0.25, 0.3) is 10.0 Å². The predicted molar refractivity (Wildman–Crippen MR) is 97.8 cm³/mol. The predicted octanol–water partition coefficient (Wildman–Crippen LogP) is 4.24. The number of methoxy groups -OCH3 is 1. The van der Waals surface area contributed by atoms with E-state index in [4.69, 9.17) is 4.74 Å². The molecular weight excluding hydrogens is 322 g/mol. The maximum atomic E-state index is 12.7. The summed E-state index contributed by atoms with van der Waals surface area (Å²) in [7, 11) is -2.05. The van der Waals surface area contributed by atoms with E-state index in [1.165, 1.54) is 0 Å². The SMILES string of the molecule is COCc1ccc(C(C)(C)C)cc1NS(=O)(=O)c1ccc(C)cc1. The fourth-order valence-corrected chi connectivity index (χ4v) is 3.43. The number of ether oxygens (including phenoxy) is 1. The molecule has 0 radical (unpaired) electrons. The number of sulfonamides is 1. The van der Waals surface area contributed by atoms with Crippen LogP contribution in [0.25, 0.3) is 0 Å². The fourth-order valence-electron chi connectivity index (χ4n) is 2.34. The Morgan fingerprint density at radius 2 is 1.67 bits per heavy atom. The first kappa shape index (κ1) is 18.5. The molecule has 5 heteroatoms. The van der Waals surface area contributed by atoms with Gasteiger partial charge in [0, 0.05) is 12.7 Å². The molecule has 0 heterocycles. The smallest absolute Gasteiger partial charge is 0.261 e. The molecule has 0 bridgehead atoms. The van der Waals surface area contributed by atoms with E-state index in [0.717, 1.165) is 16.7 Å². The van der Waals surface area contributed by atoms with Crippen LogP contribution in [-0.2, 0) is 26.8 Å². The number of hydrogen-bond donors (Lipinski definition) is 1. The Balaban J connectivity index is 2.44.